The molecule has 2 aromatic rings. The summed E-state index contributed by atoms with van der Waals surface area (Å²) in [5, 5.41) is 2.55. The second-order valence-corrected chi connectivity index (χ2v) is 7.88. The molecule has 0 radical (unpaired) electrons. The van der Waals surface area contributed by atoms with Crippen molar-refractivity contribution in [2.45, 2.75) is 26.2 Å². The molecule has 0 saturated carbocycles. The van der Waals surface area contributed by atoms with E-state index in [-0.39, 0.29) is 16.2 Å². The van der Waals surface area contributed by atoms with Gasteiger partial charge in [0.05, 0.1) is 5.69 Å². The number of carbonyl (C=O) groups excluding carboxylic acids is 2. The van der Waals surface area contributed by atoms with Crippen LogP contribution >= 0.6 is 12.2 Å². The number of aryl methyl sites for hydroxylation is 1. The average molecular weight is 424 g/mol. The number of carbonyl (C=O) groups is 2. The minimum absolute atomic E-state index is 0.0115. The van der Waals surface area contributed by atoms with Gasteiger partial charge in [-0.3, -0.25) is 19.8 Å². The second-order valence-electron chi connectivity index (χ2n) is 7.50. The van der Waals surface area contributed by atoms with Crippen LogP contribution in [-0.2, 0) is 9.59 Å². The van der Waals surface area contributed by atoms with Gasteiger partial charge in [-0.2, -0.15) is 0 Å². The van der Waals surface area contributed by atoms with Crippen molar-refractivity contribution >= 4 is 46.6 Å². The highest BCUT2D eigenvalue weighted by molar-refractivity contribution is 7.80. The summed E-state index contributed by atoms with van der Waals surface area (Å²) in [7, 11) is 0. The highest BCUT2D eigenvalue weighted by Crippen LogP contribution is 2.27. The second kappa shape index (κ2) is 8.36. The first kappa shape index (κ1) is 20.2. The van der Waals surface area contributed by atoms with Crippen molar-refractivity contribution in [1.82, 2.24) is 5.32 Å². The molecule has 4 rings (SSSR count). The van der Waals surface area contributed by atoms with Crippen LogP contribution in [0.25, 0.3) is 6.08 Å². The van der Waals surface area contributed by atoms with Crippen LogP contribution in [-0.4, -0.2) is 30.0 Å². The summed E-state index contributed by atoms with van der Waals surface area (Å²) in [5.74, 6) is -1.67. The summed E-state index contributed by atoms with van der Waals surface area (Å²) in [5.41, 5.74) is 2.26. The molecular weight excluding hydrogens is 401 g/mol. The number of amides is 2. The van der Waals surface area contributed by atoms with Gasteiger partial charge in [0.1, 0.15) is 11.4 Å². The number of halogens is 1. The summed E-state index contributed by atoms with van der Waals surface area (Å²) < 4.78 is 14.8. The molecule has 2 aliphatic heterocycles. The Balaban J connectivity index is 1.66. The maximum absolute atomic E-state index is 14.8. The summed E-state index contributed by atoms with van der Waals surface area (Å²) in [4.78, 5) is 29.0. The van der Waals surface area contributed by atoms with Crippen molar-refractivity contribution in [2.24, 2.45) is 0 Å². The van der Waals surface area contributed by atoms with Crippen LogP contribution in [0.2, 0.25) is 0 Å². The predicted molar refractivity (Wildman–Crippen MR) is 120 cm³/mol. The summed E-state index contributed by atoms with van der Waals surface area (Å²) in [6, 6.07) is 12.1. The highest BCUT2D eigenvalue weighted by atomic mass is 32.1. The topological polar surface area (TPSA) is 52.7 Å². The molecule has 0 bridgehead atoms. The molecule has 0 aromatic heterocycles. The number of hydrogen-bond acceptors (Lipinski definition) is 4. The van der Waals surface area contributed by atoms with Gasteiger partial charge in [-0.25, -0.2) is 4.39 Å². The quantitative estimate of drug-likeness (QED) is 0.461. The van der Waals surface area contributed by atoms with Gasteiger partial charge in [-0.05, 0) is 74.3 Å². The monoisotopic (exact) mass is 423 g/mol. The van der Waals surface area contributed by atoms with Crippen LogP contribution in [0.15, 0.2) is 48.0 Å². The third kappa shape index (κ3) is 3.85. The number of hydrogen-bond donors (Lipinski definition) is 1. The molecule has 0 aliphatic carbocycles. The molecule has 154 valence electrons. The number of nitrogens with zero attached hydrogens (tertiary/aromatic N) is 2. The van der Waals surface area contributed by atoms with E-state index in [0.29, 0.717) is 5.69 Å². The van der Waals surface area contributed by atoms with Gasteiger partial charge in [-0.1, -0.05) is 18.2 Å². The average Bonchev–Trinajstić information content (AvgIpc) is 2.74. The molecule has 30 heavy (non-hydrogen) atoms. The molecule has 5 nitrogen and oxygen atoms in total. The van der Waals surface area contributed by atoms with Crippen molar-refractivity contribution in [3.05, 3.63) is 65.0 Å². The van der Waals surface area contributed by atoms with Crippen molar-refractivity contribution in [2.75, 3.05) is 22.9 Å². The zero-order chi connectivity index (χ0) is 21.3. The normalized spacial score (nSPS) is 18.7. The first-order valence-electron chi connectivity index (χ1n) is 9.97. The fourth-order valence-corrected chi connectivity index (χ4v) is 4.10. The molecule has 2 aromatic carbocycles. The van der Waals surface area contributed by atoms with E-state index in [4.69, 9.17) is 12.2 Å². The number of thiocarbonyl (C=S) groups is 1. The molecule has 0 unspecified atom stereocenters. The summed E-state index contributed by atoms with van der Waals surface area (Å²) in [6.07, 6.45) is 4.67. The Labute approximate surface area is 180 Å². The molecule has 1 N–H and O–H groups in total. The van der Waals surface area contributed by atoms with Gasteiger partial charge in [0.15, 0.2) is 5.11 Å². The molecule has 2 heterocycles. The van der Waals surface area contributed by atoms with E-state index in [1.54, 1.807) is 18.2 Å². The first-order chi connectivity index (χ1) is 14.5. The Hall–Kier alpha value is -3.06. The fraction of sp³-hybridized carbons (Fsp3) is 0.261. The van der Waals surface area contributed by atoms with E-state index in [1.807, 2.05) is 25.1 Å². The Bertz CT molecular complexity index is 1060. The van der Waals surface area contributed by atoms with Gasteiger partial charge < -0.3 is 4.90 Å². The zero-order valence-corrected chi connectivity index (χ0v) is 17.5. The molecule has 2 saturated heterocycles. The fourth-order valence-electron chi connectivity index (χ4n) is 3.83. The van der Waals surface area contributed by atoms with Crippen LogP contribution in [0.3, 0.4) is 0 Å². The largest absolute Gasteiger partial charge is 0.371 e. The third-order valence-corrected chi connectivity index (χ3v) is 5.75. The molecule has 7 heteroatoms. The van der Waals surface area contributed by atoms with Gasteiger partial charge in [0.2, 0.25) is 0 Å². The minimum atomic E-state index is -0.630. The van der Waals surface area contributed by atoms with E-state index in [9.17, 15) is 14.0 Å². The van der Waals surface area contributed by atoms with Gasteiger partial charge in [-0.15, -0.1) is 0 Å². The third-order valence-electron chi connectivity index (χ3n) is 5.46. The zero-order valence-electron chi connectivity index (χ0n) is 16.7. The lowest BCUT2D eigenvalue weighted by Gasteiger charge is -2.30. The Morgan fingerprint density at radius 1 is 1.07 bits per heavy atom. The minimum Gasteiger partial charge on any atom is -0.371 e. The van der Waals surface area contributed by atoms with E-state index in [1.165, 1.54) is 23.5 Å². The van der Waals surface area contributed by atoms with Crippen LogP contribution in [0.4, 0.5) is 15.8 Å². The maximum atomic E-state index is 14.8. The maximum Gasteiger partial charge on any atom is 0.270 e. The standard InChI is InChI=1S/C23H22FN3O2S/c1-15-7-3-4-8-20(15)27-22(29)18(21(28)25-23(27)30)13-16-9-10-17(14-19(16)24)26-11-5-2-6-12-26/h3-4,7-10,13-14H,2,5-6,11-12H2,1H3,(H,25,28,30)/b18-13+. The molecule has 0 atom stereocenters. The van der Waals surface area contributed by atoms with Crippen LogP contribution < -0.4 is 15.1 Å². The molecule has 0 spiro atoms. The van der Waals surface area contributed by atoms with Crippen molar-refractivity contribution in [3.8, 4) is 0 Å². The Kier molecular flexibility index (Phi) is 5.63. The summed E-state index contributed by atoms with van der Waals surface area (Å²) in [6.45, 7) is 3.66. The Morgan fingerprint density at radius 2 is 1.80 bits per heavy atom. The van der Waals surface area contributed by atoms with Crippen LogP contribution in [0.1, 0.15) is 30.4 Å². The van der Waals surface area contributed by atoms with Crippen molar-refractivity contribution in [1.29, 1.82) is 0 Å². The molecular formula is C23H22FN3O2S. The van der Waals surface area contributed by atoms with Gasteiger partial charge in [0, 0.05) is 24.3 Å². The number of piperidine rings is 1. The van der Waals surface area contributed by atoms with Crippen molar-refractivity contribution < 1.29 is 14.0 Å². The lowest BCUT2D eigenvalue weighted by molar-refractivity contribution is -0.122. The van der Waals surface area contributed by atoms with Gasteiger partial charge in [0.25, 0.3) is 11.8 Å². The highest BCUT2D eigenvalue weighted by Gasteiger charge is 2.35. The van der Waals surface area contributed by atoms with Crippen LogP contribution in [0.5, 0.6) is 0 Å². The van der Waals surface area contributed by atoms with Gasteiger partial charge >= 0.3 is 0 Å². The number of anilines is 2. The number of nitrogens with one attached hydrogen (secondary N) is 1. The smallest absolute Gasteiger partial charge is 0.270 e. The Morgan fingerprint density at radius 3 is 2.50 bits per heavy atom. The molecule has 2 amide bonds. The van der Waals surface area contributed by atoms with Crippen molar-refractivity contribution in [3.63, 3.8) is 0 Å². The predicted octanol–water partition coefficient (Wildman–Crippen LogP) is 3.96. The number of para-hydroxylation sites is 1. The molecule has 2 fully saturated rings. The molecule has 2 aliphatic rings. The van der Waals surface area contributed by atoms with E-state index in [2.05, 4.69) is 10.2 Å². The lowest BCUT2D eigenvalue weighted by atomic mass is 10.0. The number of rotatable bonds is 3. The van der Waals surface area contributed by atoms with Crippen LogP contribution in [0, 0.1) is 12.7 Å². The van der Waals surface area contributed by atoms with E-state index < -0.39 is 17.6 Å². The van der Waals surface area contributed by atoms with E-state index >= 15 is 0 Å². The first-order valence-corrected chi connectivity index (χ1v) is 10.4. The van der Waals surface area contributed by atoms with E-state index in [0.717, 1.165) is 37.2 Å². The lowest BCUT2D eigenvalue weighted by Crippen LogP contribution is -2.54. The number of benzene rings is 2. The summed E-state index contributed by atoms with van der Waals surface area (Å²) >= 11 is 5.22. The SMILES string of the molecule is Cc1ccccc1N1C(=O)/C(=C/c2ccc(N3CCCCC3)cc2F)C(=O)NC1=S.